The van der Waals surface area contributed by atoms with Gasteiger partial charge in [0.15, 0.2) is 0 Å². The molecule has 1 saturated heterocycles. The van der Waals surface area contributed by atoms with Crippen molar-refractivity contribution in [1.82, 2.24) is 10.2 Å². The van der Waals surface area contributed by atoms with Crippen molar-refractivity contribution >= 4 is 55.0 Å². The lowest BCUT2D eigenvalue weighted by atomic mass is 9.95. The van der Waals surface area contributed by atoms with E-state index in [2.05, 4.69) is 37.2 Å². The number of halogens is 2. The predicted molar refractivity (Wildman–Crippen MR) is 87.0 cm³/mol. The number of rotatable bonds is 3. The zero-order valence-electron chi connectivity index (χ0n) is 11.1. The van der Waals surface area contributed by atoms with Gasteiger partial charge in [-0.05, 0) is 57.7 Å². The molecule has 0 bridgehead atoms. The van der Waals surface area contributed by atoms with Crippen LogP contribution in [0.4, 0.5) is 0 Å². The molecule has 2 rings (SSSR count). The number of nitrogens with one attached hydrogen (secondary N) is 1. The summed E-state index contributed by atoms with van der Waals surface area (Å²) >= 11 is 8.30. The van der Waals surface area contributed by atoms with Gasteiger partial charge in [-0.3, -0.25) is 9.59 Å². The van der Waals surface area contributed by atoms with Crippen molar-refractivity contribution in [1.29, 1.82) is 0 Å². The van der Waals surface area contributed by atoms with Crippen LogP contribution in [0.3, 0.4) is 0 Å². The van der Waals surface area contributed by atoms with Gasteiger partial charge < -0.3 is 10.2 Å². The molecule has 0 aliphatic carbocycles. The van der Waals surface area contributed by atoms with Crippen molar-refractivity contribution in [3.05, 3.63) is 19.2 Å². The zero-order valence-corrected chi connectivity index (χ0v) is 15.1. The van der Waals surface area contributed by atoms with Crippen LogP contribution in [-0.2, 0) is 4.79 Å². The van der Waals surface area contributed by atoms with Gasteiger partial charge in [-0.1, -0.05) is 0 Å². The van der Waals surface area contributed by atoms with Crippen LogP contribution in [0.5, 0.6) is 0 Å². The SMILES string of the molecule is CCNC(=O)C1CCN(C(=O)c2cc(Br)sc2Br)CC1. The van der Waals surface area contributed by atoms with Gasteiger partial charge in [0.25, 0.3) is 5.91 Å². The third kappa shape index (κ3) is 3.62. The van der Waals surface area contributed by atoms with Crippen molar-refractivity contribution in [2.75, 3.05) is 19.6 Å². The fraction of sp³-hybridized carbons (Fsp3) is 0.538. The summed E-state index contributed by atoms with van der Waals surface area (Å²) in [5.74, 6) is 0.184. The minimum atomic E-state index is 0.0353. The number of amides is 2. The molecule has 1 aliphatic rings. The zero-order chi connectivity index (χ0) is 14.7. The van der Waals surface area contributed by atoms with Gasteiger partial charge in [-0.15, -0.1) is 11.3 Å². The van der Waals surface area contributed by atoms with Crippen molar-refractivity contribution in [3.8, 4) is 0 Å². The number of nitrogens with zero attached hydrogens (tertiary/aromatic N) is 1. The molecule has 4 nitrogen and oxygen atoms in total. The second-order valence-corrected chi connectivity index (χ2v) is 8.45. The molecule has 7 heteroatoms. The molecule has 1 aromatic heterocycles. The Morgan fingerprint density at radius 2 is 2.05 bits per heavy atom. The van der Waals surface area contributed by atoms with E-state index in [0.717, 1.165) is 20.4 Å². The Morgan fingerprint density at radius 1 is 1.40 bits per heavy atom. The molecule has 0 saturated carbocycles. The molecule has 0 aromatic carbocycles. The molecule has 1 fully saturated rings. The molecule has 0 radical (unpaired) electrons. The predicted octanol–water partition coefficient (Wildman–Crippen LogP) is 3.26. The first kappa shape index (κ1) is 16.0. The molecule has 0 spiro atoms. The maximum absolute atomic E-state index is 12.4. The Balaban J connectivity index is 1.95. The Hall–Kier alpha value is -0.400. The van der Waals surface area contributed by atoms with Gasteiger partial charge in [0.1, 0.15) is 0 Å². The highest BCUT2D eigenvalue weighted by atomic mass is 79.9. The van der Waals surface area contributed by atoms with E-state index in [0.29, 0.717) is 25.2 Å². The maximum Gasteiger partial charge on any atom is 0.255 e. The highest BCUT2D eigenvalue weighted by Gasteiger charge is 2.28. The van der Waals surface area contributed by atoms with E-state index in [4.69, 9.17) is 0 Å². The molecule has 0 atom stereocenters. The van der Waals surface area contributed by atoms with Gasteiger partial charge in [-0.2, -0.15) is 0 Å². The number of thiophene rings is 1. The standard InChI is InChI=1S/C13H16Br2N2O2S/c1-2-16-12(18)8-3-5-17(6-4-8)13(19)9-7-10(14)20-11(9)15/h7-8H,2-6H2,1H3,(H,16,18). The summed E-state index contributed by atoms with van der Waals surface area (Å²) in [5.41, 5.74) is 0.693. The van der Waals surface area contributed by atoms with Crippen LogP contribution in [0.1, 0.15) is 30.1 Å². The van der Waals surface area contributed by atoms with Crippen molar-refractivity contribution in [2.45, 2.75) is 19.8 Å². The summed E-state index contributed by atoms with van der Waals surface area (Å²) in [5, 5.41) is 2.85. The van der Waals surface area contributed by atoms with Crippen molar-refractivity contribution in [2.24, 2.45) is 5.92 Å². The summed E-state index contributed by atoms with van der Waals surface area (Å²) in [7, 11) is 0. The van der Waals surface area contributed by atoms with Crippen LogP contribution in [0, 0.1) is 5.92 Å². The van der Waals surface area contributed by atoms with E-state index in [-0.39, 0.29) is 17.7 Å². The van der Waals surface area contributed by atoms with E-state index in [1.165, 1.54) is 11.3 Å². The number of hydrogen-bond donors (Lipinski definition) is 1. The average molecular weight is 424 g/mol. The Bertz CT molecular complexity index is 510. The van der Waals surface area contributed by atoms with Crippen molar-refractivity contribution in [3.63, 3.8) is 0 Å². The Labute approximate surface area is 139 Å². The lowest BCUT2D eigenvalue weighted by Gasteiger charge is -2.31. The van der Waals surface area contributed by atoms with Gasteiger partial charge in [0, 0.05) is 25.6 Å². The first-order valence-electron chi connectivity index (χ1n) is 6.54. The minimum absolute atomic E-state index is 0.0353. The van der Waals surface area contributed by atoms with Gasteiger partial charge in [0.05, 0.1) is 13.1 Å². The van der Waals surface area contributed by atoms with Crippen LogP contribution in [0.15, 0.2) is 13.6 Å². The maximum atomic E-state index is 12.4. The molecule has 1 aliphatic heterocycles. The minimum Gasteiger partial charge on any atom is -0.356 e. The first-order valence-corrected chi connectivity index (χ1v) is 8.95. The topological polar surface area (TPSA) is 49.4 Å². The van der Waals surface area contributed by atoms with E-state index < -0.39 is 0 Å². The van der Waals surface area contributed by atoms with Gasteiger partial charge in [0.2, 0.25) is 5.91 Å². The third-order valence-corrected chi connectivity index (χ3v) is 5.73. The number of carbonyl (C=O) groups is 2. The fourth-order valence-corrected chi connectivity index (χ4v) is 5.10. The van der Waals surface area contributed by atoms with Crippen LogP contribution in [-0.4, -0.2) is 36.3 Å². The van der Waals surface area contributed by atoms with Gasteiger partial charge >= 0.3 is 0 Å². The number of piperidine rings is 1. The van der Waals surface area contributed by atoms with E-state index in [1.54, 1.807) is 0 Å². The second-order valence-electron chi connectivity index (χ2n) is 4.70. The quantitative estimate of drug-likeness (QED) is 0.810. The van der Waals surface area contributed by atoms with Gasteiger partial charge in [-0.25, -0.2) is 0 Å². The Morgan fingerprint density at radius 3 is 2.55 bits per heavy atom. The lowest BCUT2D eigenvalue weighted by Crippen LogP contribution is -2.43. The molecular formula is C13H16Br2N2O2S. The van der Waals surface area contributed by atoms with Crippen LogP contribution < -0.4 is 5.32 Å². The van der Waals surface area contributed by atoms with Crippen LogP contribution >= 0.6 is 43.2 Å². The summed E-state index contributed by atoms with van der Waals surface area (Å²) in [6, 6.07) is 1.84. The smallest absolute Gasteiger partial charge is 0.255 e. The average Bonchev–Trinajstić information content (AvgIpc) is 2.77. The molecular weight excluding hydrogens is 408 g/mol. The molecule has 110 valence electrons. The Kier molecular flexibility index (Phi) is 5.63. The summed E-state index contributed by atoms with van der Waals surface area (Å²) in [4.78, 5) is 26.0. The molecule has 1 aromatic rings. The van der Waals surface area contributed by atoms with E-state index in [1.807, 2.05) is 17.9 Å². The summed E-state index contributed by atoms with van der Waals surface area (Å²) in [6.45, 7) is 3.86. The van der Waals surface area contributed by atoms with E-state index >= 15 is 0 Å². The first-order chi connectivity index (χ1) is 9.52. The normalized spacial score (nSPS) is 16.2. The number of carbonyl (C=O) groups excluding carboxylic acids is 2. The number of hydrogen-bond acceptors (Lipinski definition) is 3. The molecule has 1 N–H and O–H groups in total. The highest BCUT2D eigenvalue weighted by Crippen LogP contribution is 2.33. The molecule has 2 heterocycles. The molecule has 2 amide bonds. The summed E-state index contributed by atoms with van der Waals surface area (Å²) in [6.07, 6.45) is 1.47. The molecule has 0 unspecified atom stereocenters. The van der Waals surface area contributed by atoms with Crippen LogP contribution in [0.25, 0.3) is 0 Å². The van der Waals surface area contributed by atoms with Crippen LogP contribution in [0.2, 0.25) is 0 Å². The van der Waals surface area contributed by atoms with Crippen molar-refractivity contribution < 1.29 is 9.59 Å². The summed E-state index contributed by atoms with van der Waals surface area (Å²) < 4.78 is 1.78. The van der Waals surface area contributed by atoms with E-state index in [9.17, 15) is 9.59 Å². The largest absolute Gasteiger partial charge is 0.356 e. The highest BCUT2D eigenvalue weighted by molar-refractivity contribution is 9.12. The fourth-order valence-electron chi connectivity index (χ4n) is 2.32. The second kappa shape index (κ2) is 7.04. The third-order valence-electron chi connectivity index (χ3n) is 3.39. The lowest BCUT2D eigenvalue weighted by molar-refractivity contribution is -0.126. The molecule has 20 heavy (non-hydrogen) atoms. The monoisotopic (exact) mass is 422 g/mol. The number of likely N-dealkylation sites (tertiary alicyclic amines) is 1.